The SMILES string of the molecule is [O].[O]=[Ti]([O-])[O-].[Sr+2]. The van der Waals surface area contributed by atoms with Gasteiger partial charge in [-0.05, 0) is 0 Å². The molecule has 30 valence electrons. The maximum atomic E-state index is 8.58. The van der Waals surface area contributed by atoms with Crippen molar-refractivity contribution in [3.05, 3.63) is 0 Å². The van der Waals surface area contributed by atoms with Gasteiger partial charge >= 0.3 is 74.8 Å². The third-order valence-electron chi connectivity index (χ3n) is 0. The summed E-state index contributed by atoms with van der Waals surface area (Å²) >= 11 is -4.08. The molecule has 0 aromatic rings. The minimum absolute atomic E-state index is 0. The van der Waals surface area contributed by atoms with Crippen molar-refractivity contribution in [1.29, 1.82) is 0 Å². The van der Waals surface area contributed by atoms with Gasteiger partial charge in [0.2, 0.25) is 0 Å². The standard InChI is InChI=1S/4O.Sr.Ti/q;;2*-1;+2;. The molecule has 6 heteroatoms. The Hall–Kier alpha value is 1.87. The summed E-state index contributed by atoms with van der Waals surface area (Å²) in [6.07, 6.45) is 0. The predicted octanol–water partition coefficient (Wildman–Crippen LogP) is -3.00. The van der Waals surface area contributed by atoms with Crippen molar-refractivity contribution in [2.24, 2.45) is 0 Å². The molecule has 6 heavy (non-hydrogen) atoms. The van der Waals surface area contributed by atoms with E-state index in [0.717, 1.165) is 0 Å². The molecule has 0 saturated heterocycles. The van der Waals surface area contributed by atoms with Crippen LogP contribution in [0.4, 0.5) is 0 Å². The van der Waals surface area contributed by atoms with Crippen LogP contribution in [-0.4, -0.2) is 45.5 Å². The van der Waals surface area contributed by atoms with Crippen molar-refractivity contribution in [2.75, 3.05) is 0 Å². The van der Waals surface area contributed by atoms with Gasteiger partial charge in [0.05, 0.1) is 0 Å². The molecule has 0 amide bonds. The van der Waals surface area contributed by atoms with Gasteiger partial charge in [-0.3, -0.25) is 0 Å². The fourth-order valence-electron chi connectivity index (χ4n) is 0. The van der Waals surface area contributed by atoms with Gasteiger partial charge in [0, 0.05) is 5.48 Å². The van der Waals surface area contributed by atoms with Crippen molar-refractivity contribution in [3.63, 3.8) is 0 Å². The molecule has 0 bridgehead atoms. The van der Waals surface area contributed by atoms with E-state index in [4.69, 9.17) is 10.7 Å². The third kappa shape index (κ3) is 39.7. The quantitative estimate of drug-likeness (QED) is 0.389. The average Bonchev–Trinajstić information content (AvgIpc) is 0.811. The molecule has 0 aromatic heterocycles. The van der Waals surface area contributed by atoms with Crippen LogP contribution in [-0.2, 0) is 27.4 Å². The van der Waals surface area contributed by atoms with E-state index in [0.29, 0.717) is 0 Å². The van der Waals surface area contributed by atoms with Crippen LogP contribution in [0.25, 0.3) is 0 Å². The second kappa shape index (κ2) is 9.98. The number of rotatable bonds is 0. The zero-order chi connectivity index (χ0) is 3.58. The van der Waals surface area contributed by atoms with Crippen molar-refractivity contribution < 1.29 is 34.8 Å². The second-order valence-corrected chi connectivity index (χ2v) is 1.03. The molecular weight excluding hydrogens is 199 g/mol. The van der Waals surface area contributed by atoms with Gasteiger partial charge in [0.15, 0.2) is 0 Å². The molecule has 0 aliphatic heterocycles. The normalized spacial score (nSPS) is 4.33. The van der Waals surface area contributed by atoms with Crippen LogP contribution in [0.3, 0.4) is 0 Å². The first-order valence-electron chi connectivity index (χ1n) is 0.612. The van der Waals surface area contributed by atoms with Crippen LogP contribution >= 0.6 is 0 Å². The van der Waals surface area contributed by atoms with Gasteiger partial charge in [-0.1, -0.05) is 0 Å². The van der Waals surface area contributed by atoms with Crippen LogP contribution < -0.4 is 7.38 Å². The maximum absolute atomic E-state index is 8.58. The minimum Gasteiger partial charge on any atom is 2.00 e. The molecule has 2 radical (unpaired) electrons. The first-order chi connectivity index (χ1) is 1.73. The molecule has 0 aromatic carbocycles. The first kappa shape index (κ1) is 15.7. The first-order valence-corrected chi connectivity index (χ1v) is 2.52. The van der Waals surface area contributed by atoms with Crippen molar-refractivity contribution in [3.8, 4) is 0 Å². The fraction of sp³-hybridized carbons (Fsp3) is 0. The Morgan fingerprint density at radius 1 is 1.33 bits per heavy atom. The Morgan fingerprint density at radius 2 is 1.33 bits per heavy atom. The van der Waals surface area contributed by atoms with Crippen LogP contribution in [0.5, 0.6) is 0 Å². The largest absolute Gasteiger partial charge is 2.00 e. The third-order valence-corrected chi connectivity index (χ3v) is 0. The van der Waals surface area contributed by atoms with Crippen molar-refractivity contribution >= 4 is 45.5 Å². The van der Waals surface area contributed by atoms with Gasteiger partial charge in [-0.25, -0.2) is 0 Å². The van der Waals surface area contributed by atoms with Gasteiger partial charge in [0.25, 0.3) is 0 Å². The molecule has 0 aliphatic carbocycles. The Bertz CT molecular complexity index is 30.5. The molecule has 0 unspecified atom stereocenters. The fourth-order valence-corrected chi connectivity index (χ4v) is 0. The molecule has 0 atom stereocenters. The molecular formula is O4SrTi. The maximum Gasteiger partial charge on any atom is 2.00 e. The van der Waals surface area contributed by atoms with Gasteiger partial charge in [-0.2, -0.15) is 0 Å². The Balaban J connectivity index is -0.0000000450. The van der Waals surface area contributed by atoms with E-state index in [1.165, 1.54) is 0 Å². The van der Waals surface area contributed by atoms with E-state index in [9.17, 15) is 0 Å². The number of hydrogen-bond donors (Lipinski definition) is 0. The summed E-state index contributed by atoms with van der Waals surface area (Å²) in [5.41, 5.74) is 0. The predicted molar refractivity (Wildman–Crippen MR) is 7.13 cm³/mol. The molecule has 4 nitrogen and oxygen atoms in total. The Morgan fingerprint density at radius 3 is 1.33 bits per heavy atom. The summed E-state index contributed by atoms with van der Waals surface area (Å²) in [5, 5.41) is 0. The average molecular weight is 199 g/mol. The molecule has 0 spiro atoms. The van der Waals surface area contributed by atoms with E-state index >= 15 is 0 Å². The smallest absolute Gasteiger partial charge is 2.00 e. The molecule has 0 fully saturated rings. The van der Waals surface area contributed by atoms with Crippen LogP contribution in [0.2, 0.25) is 0 Å². The molecule has 0 heterocycles. The molecule has 0 aliphatic rings. The van der Waals surface area contributed by atoms with E-state index < -0.39 is 18.6 Å². The van der Waals surface area contributed by atoms with E-state index in [1.807, 2.05) is 0 Å². The van der Waals surface area contributed by atoms with Crippen LogP contribution in [0.1, 0.15) is 0 Å². The summed E-state index contributed by atoms with van der Waals surface area (Å²) in [5.74, 6) is 0. The zero-order valence-corrected chi connectivity index (χ0v) is 7.88. The summed E-state index contributed by atoms with van der Waals surface area (Å²) < 4.78 is 25.8. The van der Waals surface area contributed by atoms with E-state index in [-0.39, 0.29) is 51.0 Å². The molecule has 0 N–H and O–H groups in total. The van der Waals surface area contributed by atoms with Gasteiger partial charge < -0.3 is 0 Å². The van der Waals surface area contributed by atoms with Crippen molar-refractivity contribution in [2.45, 2.75) is 0 Å². The Kier molecular flexibility index (Phi) is 26.1. The van der Waals surface area contributed by atoms with Crippen LogP contribution in [0, 0.1) is 0 Å². The zero-order valence-electron chi connectivity index (χ0n) is 2.84. The Labute approximate surface area is 78.9 Å². The summed E-state index contributed by atoms with van der Waals surface area (Å²) in [6, 6.07) is 0. The van der Waals surface area contributed by atoms with Crippen molar-refractivity contribution in [1.82, 2.24) is 0 Å². The minimum atomic E-state index is -4.08. The van der Waals surface area contributed by atoms with E-state index in [1.54, 1.807) is 0 Å². The summed E-state index contributed by atoms with van der Waals surface area (Å²) in [7, 11) is 0. The number of hydrogen-bond acceptors (Lipinski definition) is 3. The van der Waals surface area contributed by atoms with Crippen LogP contribution in [0.15, 0.2) is 0 Å². The second-order valence-electron chi connectivity index (χ2n) is 0.250. The summed E-state index contributed by atoms with van der Waals surface area (Å²) in [6.45, 7) is 0. The molecule has 0 saturated carbocycles. The topological polar surface area (TPSA) is 91.7 Å². The van der Waals surface area contributed by atoms with E-state index in [2.05, 4.69) is 0 Å². The monoisotopic (exact) mass is 200 g/mol. The molecule has 0 rings (SSSR count). The summed E-state index contributed by atoms with van der Waals surface area (Å²) in [4.78, 5) is 0. The van der Waals surface area contributed by atoms with Gasteiger partial charge in [0.1, 0.15) is 0 Å². The van der Waals surface area contributed by atoms with Gasteiger partial charge in [-0.15, -0.1) is 0 Å².